The molecule has 0 bridgehead atoms. The molecule has 2 aromatic heterocycles. The highest BCUT2D eigenvalue weighted by atomic mass is 35.5. The Kier molecular flexibility index (Phi) is 6.09. The molecular weight excluding hydrogens is 354 g/mol. The Balaban J connectivity index is 1.62. The second-order valence-corrected chi connectivity index (χ2v) is 7.00. The van der Waals surface area contributed by atoms with Crippen LogP contribution in [0.4, 0.5) is 0 Å². The van der Waals surface area contributed by atoms with Crippen LogP contribution in [0.2, 0.25) is 5.02 Å². The first kappa shape index (κ1) is 17.5. The number of aromatic nitrogens is 2. The van der Waals surface area contributed by atoms with Crippen molar-refractivity contribution in [2.45, 2.75) is 12.5 Å². The highest BCUT2D eigenvalue weighted by Crippen LogP contribution is 2.20. The number of aliphatic imine (C=N–C) groups is 1. The number of rotatable bonds is 7. The monoisotopic (exact) mass is 373 g/mol. The summed E-state index contributed by atoms with van der Waals surface area (Å²) in [5.74, 6) is 0.447. The number of benzene rings is 1. The fraction of sp³-hybridized carbons (Fsp3) is 0.222. The van der Waals surface area contributed by atoms with Gasteiger partial charge in [-0.1, -0.05) is 29.8 Å². The molecule has 1 atom stereocenters. The van der Waals surface area contributed by atoms with Crippen LogP contribution in [0.3, 0.4) is 0 Å². The molecule has 0 amide bonds. The van der Waals surface area contributed by atoms with E-state index in [1.54, 1.807) is 17.5 Å². The van der Waals surface area contributed by atoms with Gasteiger partial charge in [-0.25, -0.2) is 0 Å². The van der Waals surface area contributed by atoms with E-state index in [9.17, 15) is 0 Å². The molecule has 0 spiro atoms. The van der Waals surface area contributed by atoms with E-state index >= 15 is 0 Å². The molecule has 0 aliphatic rings. The summed E-state index contributed by atoms with van der Waals surface area (Å²) in [4.78, 5) is 5.82. The van der Waals surface area contributed by atoms with Crippen molar-refractivity contribution in [2.75, 3.05) is 13.1 Å². The van der Waals surface area contributed by atoms with Gasteiger partial charge in [-0.05, 0) is 41.6 Å². The number of nitrogens with one attached hydrogen (secondary N) is 1. The van der Waals surface area contributed by atoms with Crippen LogP contribution in [-0.2, 0) is 6.42 Å². The Hall–Kier alpha value is -2.31. The van der Waals surface area contributed by atoms with Crippen LogP contribution in [0.25, 0.3) is 0 Å². The van der Waals surface area contributed by atoms with E-state index in [1.165, 1.54) is 4.88 Å². The van der Waals surface area contributed by atoms with Gasteiger partial charge in [0, 0.05) is 28.8 Å². The topological polar surface area (TPSA) is 68.2 Å². The SMILES string of the molecule is NC(=NCC(c1ccc(Cl)cc1)n1cccn1)NCCc1cccs1. The van der Waals surface area contributed by atoms with E-state index in [2.05, 4.69) is 32.9 Å². The zero-order valence-electron chi connectivity index (χ0n) is 13.7. The van der Waals surface area contributed by atoms with Gasteiger partial charge >= 0.3 is 0 Å². The van der Waals surface area contributed by atoms with Crippen molar-refractivity contribution in [3.63, 3.8) is 0 Å². The number of hydrogen-bond acceptors (Lipinski definition) is 3. The predicted molar refractivity (Wildman–Crippen MR) is 104 cm³/mol. The molecule has 130 valence electrons. The predicted octanol–water partition coefficient (Wildman–Crippen LogP) is 3.33. The molecule has 0 saturated carbocycles. The van der Waals surface area contributed by atoms with E-state index in [1.807, 2.05) is 41.2 Å². The Morgan fingerprint density at radius 1 is 1.28 bits per heavy atom. The zero-order valence-corrected chi connectivity index (χ0v) is 15.2. The molecule has 3 N–H and O–H groups in total. The number of guanidine groups is 1. The fourth-order valence-corrected chi connectivity index (χ4v) is 3.34. The Morgan fingerprint density at radius 2 is 2.12 bits per heavy atom. The Bertz CT molecular complexity index is 782. The van der Waals surface area contributed by atoms with Gasteiger partial charge in [0.15, 0.2) is 5.96 Å². The molecule has 1 unspecified atom stereocenters. The minimum Gasteiger partial charge on any atom is -0.370 e. The maximum Gasteiger partial charge on any atom is 0.188 e. The van der Waals surface area contributed by atoms with Crippen LogP contribution in [0.5, 0.6) is 0 Å². The third-order valence-electron chi connectivity index (χ3n) is 3.79. The third kappa shape index (κ3) is 5.08. The van der Waals surface area contributed by atoms with Crippen molar-refractivity contribution in [1.82, 2.24) is 15.1 Å². The van der Waals surface area contributed by atoms with Crippen LogP contribution in [-0.4, -0.2) is 28.8 Å². The van der Waals surface area contributed by atoms with Gasteiger partial charge in [0.05, 0.1) is 12.6 Å². The minimum absolute atomic E-state index is 0.0232. The lowest BCUT2D eigenvalue weighted by molar-refractivity contribution is 0.532. The molecule has 0 radical (unpaired) electrons. The minimum atomic E-state index is -0.0232. The average Bonchev–Trinajstić information content (AvgIpc) is 3.30. The van der Waals surface area contributed by atoms with Crippen LogP contribution in [0.15, 0.2) is 65.2 Å². The molecule has 5 nitrogen and oxygen atoms in total. The first-order valence-corrected chi connectivity index (χ1v) is 9.29. The van der Waals surface area contributed by atoms with E-state index in [0.717, 1.165) is 18.5 Å². The zero-order chi connectivity index (χ0) is 17.5. The van der Waals surface area contributed by atoms with Gasteiger partial charge in [0.1, 0.15) is 0 Å². The van der Waals surface area contributed by atoms with Crippen molar-refractivity contribution >= 4 is 28.9 Å². The Labute approximate surface area is 156 Å². The van der Waals surface area contributed by atoms with Crippen molar-refractivity contribution in [3.05, 3.63) is 75.7 Å². The number of halogens is 1. The second-order valence-electron chi connectivity index (χ2n) is 5.54. The molecule has 0 aliphatic carbocycles. The van der Waals surface area contributed by atoms with Crippen LogP contribution in [0, 0.1) is 0 Å². The summed E-state index contributed by atoms with van der Waals surface area (Å²) < 4.78 is 1.88. The van der Waals surface area contributed by atoms with Gasteiger partial charge in [-0.15, -0.1) is 11.3 Å². The number of nitrogens with zero attached hydrogens (tertiary/aromatic N) is 3. The first-order chi connectivity index (χ1) is 12.2. The first-order valence-electron chi connectivity index (χ1n) is 8.03. The normalized spacial score (nSPS) is 12.9. The summed E-state index contributed by atoms with van der Waals surface area (Å²) in [5.41, 5.74) is 7.09. The van der Waals surface area contributed by atoms with E-state index in [-0.39, 0.29) is 6.04 Å². The number of thiophene rings is 1. The lowest BCUT2D eigenvalue weighted by atomic mass is 10.1. The molecule has 3 rings (SSSR count). The largest absolute Gasteiger partial charge is 0.370 e. The molecule has 0 aliphatic heterocycles. The average molecular weight is 374 g/mol. The van der Waals surface area contributed by atoms with Crippen LogP contribution < -0.4 is 11.1 Å². The molecule has 2 heterocycles. The summed E-state index contributed by atoms with van der Waals surface area (Å²) in [6, 6.07) is 13.8. The maximum atomic E-state index is 6.01. The molecule has 1 aromatic carbocycles. The highest BCUT2D eigenvalue weighted by Gasteiger charge is 2.13. The van der Waals surface area contributed by atoms with Gasteiger partial charge in [-0.2, -0.15) is 5.10 Å². The van der Waals surface area contributed by atoms with Crippen LogP contribution >= 0.6 is 22.9 Å². The van der Waals surface area contributed by atoms with E-state index in [4.69, 9.17) is 17.3 Å². The highest BCUT2D eigenvalue weighted by molar-refractivity contribution is 7.09. The third-order valence-corrected chi connectivity index (χ3v) is 4.98. The summed E-state index contributed by atoms with van der Waals surface area (Å²) in [6.45, 7) is 1.27. The quantitative estimate of drug-likeness (QED) is 0.493. The maximum absolute atomic E-state index is 6.01. The summed E-state index contributed by atoms with van der Waals surface area (Å²) in [6.07, 6.45) is 4.62. The van der Waals surface area contributed by atoms with Gasteiger partial charge in [0.25, 0.3) is 0 Å². The van der Waals surface area contributed by atoms with Gasteiger partial charge in [-0.3, -0.25) is 9.67 Å². The Morgan fingerprint density at radius 3 is 2.80 bits per heavy atom. The molecule has 7 heteroatoms. The van der Waals surface area contributed by atoms with E-state index in [0.29, 0.717) is 17.5 Å². The number of hydrogen-bond donors (Lipinski definition) is 2. The summed E-state index contributed by atoms with van der Waals surface area (Å²) >= 11 is 7.74. The lowest BCUT2D eigenvalue weighted by Crippen LogP contribution is -2.34. The van der Waals surface area contributed by atoms with E-state index < -0.39 is 0 Å². The van der Waals surface area contributed by atoms with Gasteiger partial charge in [0.2, 0.25) is 0 Å². The fourth-order valence-electron chi connectivity index (χ4n) is 2.50. The molecule has 25 heavy (non-hydrogen) atoms. The smallest absolute Gasteiger partial charge is 0.188 e. The summed E-state index contributed by atoms with van der Waals surface area (Å²) in [7, 11) is 0. The second kappa shape index (κ2) is 8.69. The standard InChI is InChI=1S/C18H20ClN5S/c19-15-6-4-14(5-7-15)17(24-11-2-9-23-24)13-22-18(20)21-10-8-16-3-1-12-25-16/h1-7,9,11-12,17H,8,10,13H2,(H3,20,21,22). The summed E-state index contributed by atoms with van der Waals surface area (Å²) in [5, 5.41) is 10.3. The van der Waals surface area contributed by atoms with Crippen molar-refractivity contribution < 1.29 is 0 Å². The van der Waals surface area contributed by atoms with Crippen molar-refractivity contribution in [2.24, 2.45) is 10.7 Å². The van der Waals surface area contributed by atoms with Crippen molar-refractivity contribution in [1.29, 1.82) is 0 Å². The lowest BCUT2D eigenvalue weighted by Gasteiger charge is -2.17. The molecular formula is C18H20ClN5S. The van der Waals surface area contributed by atoms with Crippen LogP contribution in [0.1, 0.15) is 16.5 Å². The van der Waals surface area contributed by atoms with Crippen molar-refractivity contribution in [3.8, 4) is 0 Å². The van der Waals surface area contributed by atoms with Gasteiger partial charge < -0.3 is 11.1 Å². The molecule has 3 aromatic rings. The number of nitrogens with two attached hydrogens (primary N) is 1. The molecule has 0 saturated heterocycles. The molecule has 0 fully saturated rings.